The van der Waals surface area contributed by atoms with Crippen LogP contribution in [-0.4, -0.2) is 11.4 Å². The SMILES string of the molecule is C1=c2ccccc2=C2C1=NN=C2c1ccccc1. The van der Waals surface area contributed by atoms with Crippen LogP contribution >= 0.6 is 0 Å². The molecule has 18 heavy (non-hydrogen) atoms. The van der Waals surface area contributed by atoms with Crippen molar-refractivity contribution in [2.45, 2.75) is 0 Å². The summed E-state index contributed by atoms with van der Waals surface area (Å²) in [5.74, 6) is 0. The monoisotopic (exact) mass is 230 g/mol. The van der Waals surface area contributed by atoms with E-state index in [-0.39, 0.29) is 0 Å². The van der Waals surface area contributed by atoms with Crippen molar-refractivity contribution in [2.24, 2.45) is 10.2 Å². The largest absolute Gasteiger partial charge is 0.150 e. The van der Waals surface area contributed by atoms with Crippen molar-refractivity contribution in [1.29, 1.82) is 0 Å². The molecule has 1 aliphatic heterocycles. The quantitative estimate of drug-likeness (QED) is 0.709. The highest BCUT2D eigenvalue weighted by molar-refractivity contribution is 6.58. The van der Waals surface area contributed by atoms with Crippen molar-refractivity contribution in [1.82, 2.24) is 0 Å². The predicted molar refractivity (Wildman–Crippen MR) is 74.0 cm³/mol. The Labute approximate surface area is 104 Å². The van der Waals surface area contributed by atoms with Crippen LogP contribution in [0, 0.1) is 0 Å². The Morgan fingerprint density at radius 1 is 0.722 bits per heavy atom. The van der Waals surface area contributed by atoms with Gasteiger partial charge in [-0.15, -0.1) is 10.2 Å². The van der Waals surface area contributed by atoms with Gasteiger partial charge < -0.3 is 0 Å². The van der Waals surface area contributed by atoms with Crippen molar-refractivity contribution in [3.05, 3.63) is 70.6 Å². The van der Waals surface area contributed by atoms with E-state index in [1.54, 1.807) is 0 Å². The summed E-state index contributed by atoms with van der Waals surface area (Å²) in [5.41, 5.74) is 4.25. The fourth-order valence-electron chi connectivity index (χ4n) is 2.49. The Morgan fingerprint density at radius 2 is 1.50 bits per heavy atom. The number of hydrogen-bond acceptors (Lipinski definition) is 2. The molecular weight excluding hydrogens is 220 g/mol. The van der Waals surface area contributed by atoms with Gasteiger partial charge in [-0.25, -0.2) is 0 Å². The molecule has 1 aliphatic carbocycles. The third-order valence-electron chi connectivity index (χ3n) is 3.32. The molecule has 0 fully saturated rings. The van der Waals surface area contributed by atoms with E-state index in [9.17, 15) is 0 Å². The van der Waals surface area contributed by atoms with Crippen LogP contribution in [0.4, 0.5) is 0 Å². The molecule has 2 aromatic carbocycles. The van der Waals surface area contributed by atoms with Gasteiger partial charge >= 0.3 is 0 Å². The molecule has 0 amide bonds. The third kappa shape index (κ3) is 1.23. The van der Waals surface area contributed by atoms with E-state index in [0.717, 1.165) is 22.6 Å². The maximum Gasteiger partial charge on any atom is 0.103 e. The lowest BCUT2D eigenvalue weighted by Gasteiger charge is -2.01. The summed E-state index contributed by atoms with van der Waals surface area (Å²) in [6.45, 7) is 0. The second kappa shape index (κ2) is 3.50. The van der Waals surface area contributed by atoms with Gasteiger partial charge in [0.25, 0.3) is 0 Å². The molecule has 4 rings (SSSR count). The molecule has 1 heterocycles. The molecule has 2 nitrogen and oxygen atoms in total. The first-order valence-corrected chi connectivity index (χ1v) is 5.96. The van der Waals surface area contributed by atoms with Gasteiger partial charge in [0, 0.05) is 11.1 Å². The van der Waals surface area contributed by atoms with Crippen molar-refractivity contribution in [3.63, 3.8) is 0 Å². The van der Waals surface area contributed by atoms with Crippen LogP contribution in [-0.2, 0) is 0 Å². The second-order valence-corrected chi connectivity index (χ2v) is 4.41. The van der Waals surface area contributed by atoms with Gasteiger partial charge in [0.15, 0.2) is 0 Å². The molecule has 84 valence electrons. The lowest BCUT2D eigenvalue weighted by Crippen LogP contribution is -2.24. The highest BCUT2D eigenvalue weighted by Crippen LogP contribution is 2.19. The zero-order valence-electron chi connectivity index (χ0n) is 9.67. The molecule has 0 radical (unpaired) electrons. The normalized spacial score (nSPS) is 15.7. The molecule has 0 aromatic heterocycles. The van der Waals surface area contributed by atoms with E-state index in [0.29, 0.717) is 0 Å². The lowest BCUT2D eigenvalue weighted by molar-refractivity contribution is 1.27. The van der Waals surface area contributed by atoms with Crippen LogP contribution in [0.3, 0.4) is 0 Å². The van der Waals surface area contributed by atoms with Crippen LogP contribution in [0.1, 0.15) is 5.56 Å². The van der Waals surface area contributed by atoms with Gasteiger partial charge in [-0.1, -0.05) is 54.6 Å². The van der Waals surface area contributed by atoms with Crippen molar-refractivity contribution < 1.29 is 0 Å². The molecule has 0 N–H and O–H groups in total. The van der Waals surface area contributed by atoms with Crippen LogP contribution in [0.15, 0.2) is 64.8 Å². The summed E-state index contributed by atoms with van der Waals surface area (Å²) in [7, 11) is 0. The van der Waals surface area contributed by atoms with E-state index in [1.165, 1.54) is 10.4 Å². The molecule has 0 saturated carbocycles. The Kier molecular flexibility index (Phi) is 1.86. The number of hydrogen-bond donors (Lipinski definition) is 0. The number of benzene rings is 2. The molecule has 0 saturated heterocycles. The van der Waals surface area contributed by atoms with Crippen molar-refractivity contribution in [3.8, 4) is 0 Å². The van der Waals surface area contributed by atoms with E-state index < -0.39 is 0 Å². The lowest BCUT2D eigenvalue weighted by atomic mass is 10.00. The molecule has 0 unspecified atom stereocenters. The fourth-order valence-corrected chi connectivity index (χ4v) is 2.49. The van der Waals surface area contributed by atoms with Crippen LogP contribution < -0.4 is 10.4 Å². The first-order valence-electron chi connectivity index (χ1n) is 5.96. The van der Waals surface area contributed by atoms with Gasteiger partial charge in [0.1, 0.15) is 5.71 Å². The van der Waals surface area contributed by atoms with Gasteiger partial charge in [-0.3, -0.25) is 0 Å². The average Bonchev–Trinajstić information content (AvgIpc) is 2.98. The van der Waals surface area contributed by atoms with E-state index in [2.05, 4.69) is 52.7 Å². The zero-order valence-corrected chi connectivity index (χ0v) is 9.67. The Balaban J connectivity index is 2.01. The number of nitrogens with zero attached hydrogens (tertiary/aromatic N) is 2. The second-order valence-electron chi connectivity index (χ2n) is 4.41. The summed E-state index contributed by atoms with van der Waals surface area (Å²) < 4.78 is 0. The first-order chi connectivity index (χ1) is 8.93. The molecule has 0 spiro atoms. The van der Waals surface area contributed by atoms with Crippen molar-refractivity contribution in [2.75, 3.05) is 0 Å². The fraction of sp³-hybridized carbons (Fsp3) is 0. The third-order valence-corrected chi connectivity index (χ3v) is 3.32. The molecule has 2 aromatic rings. The first kappa shape index (κ1) is 9.54. The van der Waals surface area contributed by atoms with Crippen LogP contribution in [0.2, 0.25) is 0 Å². The van der Waals surface area contributed by atoms with E-state index in [4.69, 9.17) is 0 Å². The summed E-state index contributed by atoms with van der Waals surface area (Å²) in [5, 5.41) is 11.1. The summed E-state index contributed by atoms with van der Waals surface area (Å²) in [4.78, 5) is 0. The van der Waals surface area contributed by atoms with E-state index >= 15 is 0 Å². The summed E-state index contributed by atoms with van der Waals surface area (Å²) >= 11 is 0. The summed E-state index contributed by atoms with van der Waals surface area (Å²) in [6, 6.07) is 18.6. The molecule has 2 aliphatic rings. The standard InChI is InChI=1S/C16H10N2/c1-2-6-11(7-3-1)16-15-13-9-5-4-8-12(13)10-14(15)17-18-16/h1-10H. The van der Waals surface area contributed by atoms with Gasteiger partial charge in [-0.2, -0.15) is 0 Å². The minimum atomic E-state index is 0.979. The minimum Gasteiger partial charge on any atom is -0.150 e. The highest BCUT2D eigenvalue weighted by Gasteiger charge is 2.23. The van der Waals surface area contributed by atoms with Crippen LogP contribution in [0.25, 0.3) is 11.6 Å². The maximum atomic E-state index is 4.33. The minimum absolute atomic E-state index is 0.979. The number of rotatable bonds is 1. The van der Waals surface area contributed by atoms with Crippen molar-refractivity contribution >= 4 is 23.1 Å². The topological polar surface area (TPSA) is 24.7 Å². The predicted octanol–water partition coefficient (Wildman–Crippen LogP) is 1.49. The molecule has 2 heteroatoms. The Hall–Kier alpha value is -2.48. The highest BCUT2D eigenvalue weighted by atomic mass is 15.2. The molecule has 0 bridgehead atoms. The molecule has 0 atom stereocenters. The maximum absolute atomic E-state index is 4.33. The van der Waals surface area contributed by atoms with Gasteiger partial charge in [0.2, 0.25) is 0 Å². The number of fused-ring (bicyclic) bond motifs is 2. The van der Waals surface area contributed by atoms with Crippen LogP contribution in [0.5, 0.6) is 0 Å². The summed E-state index contributed by atoms with van der Waals surface area (Å²) in [6.07, 6.45) is 2.10. The molecular formula is C16H10N2. The van der Waals surface area contributed by atoms with E-state index in [1.807, 2.05) is 18.2 Å². The average molecular weight is 230 g/mol. The zero-order chi connectivity index (χ0) is 11.9. The van der Waals surface area contributed by atoms with Gasteiger partial charge in [0.05, 0.1) is 5.71 Å². The Morgan fingerprint density at radius 3 is 2.39 bits per heavy atom. The smallest absolute Gasteiger partial charge is 0.103 e. The Bertz CT molecular complexity index is 812. The van der Waals surface area contributed by atoms with Gasteiger partial charge in [-0.05, 0) is 16.5 Å².